The van der Waals surface area contributed by atoms with Crippen LogP contribution in [-0.2, 0) is 26.7 Å². The molecule has 42 heavy (non-hydrogen) atoms. The molecule has 0 spiro atoms. The van der Waals surface area contributed by atoms with Crippen LogP contribution in [-0.4, -0.2) is 43.9 Å². The molecule has 2 heterocycles. The molecule has 1 N–H and O–H groups in total. The lowest BCUT2D eigenvalue weighted by Crippen LogP contribution is -2.51. The Morgan fingerprint density at radius 2 is 1.60 bits per heavy atom. The number of nitrogens with zero attached hydrogens (tertiary/aromatic N) is 1. The smallest absolute Gasteiger partial charge is 0.435 e. The molecule has 1 fully saturated rings. The molecule has 5 rings (SSSR count). The summed E-state index contributed by atoms with van der Waals surface area (Å²) in [6.45, 7) is -0.678. The van der Waals surface area contributed by atoms with E-state index in [1.807, 2.05) is 0 Å². The summed E-state index contributed by atoms with van der Waals surface area (Å²) >= 11 is 0. The maximum Gasteiger partial charge on any atom is 0.435 e. The van der Waals surface area contributed by atoms with Crippen molar-refractivity contribution in [3.8, 4) is 0 Å². The minimum absolute atomic E-state index is 0.0871. The summed E-state index contributed by atoms with van der Waals surface area (Å²) in [5, 5.41) is 11.0. The number of rotatable bonds is 5. The van der Waals surface area contributed by atoms with Gasteiger partial charge >= 0.3 is 18.0 Å². The normalized spacial score (nSPS) is 22.5. The topological polar surface area (TPSA) is 87.8 Å². The zero-order chi connectivity index (χ0) is 30.9. The van der Waals surface area contributed by atoms with Crippen LogP contribution in [0.3, 0.4) is 0 Å². The fourth-order valence-corrected chi connectivity index (χ4v) is 8.35. The summed E-state index contributed by atoms with van der Waals surface area (Å²) in [6, 6.07) is 7.10. The third kappa shape index (κ3) is 4.43. The number of halogens is 8. The van der Waals surface area contributed by atoms with Crippen molar-refractivity contribution in [1.29, 1.82) is 0 Å². The fourth-order valence-electron chi connectivity index (χ4n) is 5.98. The average Bonchev–Trinajstić information content (AvgIpc) is 3.33. The van der Waals surface area contributed by atoms with Gasteiger partial charge in [-0.3, -0.25) is 9.69 Å². The van der Waals surface area contributed by atoms with E-state index in [2.05, 4.69) is 0 Å². The minimum Gasteiger partial charge on any atom is -0.465 e. The van der Waals surface area contributed by atoms with E-state index in [0.717, 1.165) is 48.7 Å². The third-order valence-corrected chi connectivity index (χ3v) is 10.5. The van der Waals surface area contributed by atoms with Gasteiger partial charge in [0.05, 0.1) is 11.2 Å². The number of aryl methyl sites for hydroxylation is 1. The number of aliphatic hydroxyl groups is 1. The number of hydrogen-bond acceptors (Lipinski definition) is 6. The first-order chi connectivity index (χ1) is 19.4. The van der Waals surface area contributed by atoms with Crippen molar-refractivity contribution >= 4 is 9.84 Å². The SMILES string of the molecule is O=c1ccoc(C(O)N2CC3CCc4cc(C(F)(C(F)(F)F)C(F)(F)F)ccc4C3(S(=O)(=O)c3ccc(F)cc3)C2)c1. The molecular weight excluding hydrogens is 602 g/mol. The summed E-state index contributed by atoms with van der Waals surface area (Å²) in [4.78, 5) is 12.7. The van der Waals surface area contributed by atoms with E-state index >= 15 is 0 Å². The minimum atomic E-state index is -6.37. The van der Waals surface area contributed by atoms with E-state index < -0.39 is 68.1 Å². The number of likely N-dealkylation sites (tertiary alicyclic amines) is 1. The van der Waals surface area contributed by atoms with Gasteiger partial charge in [0.1, 0.15) is 10.6 Å². The van der Waals surface area contributed by atoms with Crippen molar-refractivity contribution in [3.05, 3.63) is 99.4 Å². The highest BCUT2D eigenvalue weighted by atomic mass is 32.2. The average molecular weight is 624 g/mol. The van der Waals surface area contributed by atoms with Crippen LogP contribution in [0.5, 0.6) is 0 Å². The highest BCUT2D eigenvalue weighted by molar-refractivity contribution is 7.92. The van der Waals surface area contributed by atoms with E-state index in [-0.39, 0.29) is 47.2 Å². The Morgan fingerprint density at radius 1 is 0.952 bits per heavy atom. The van der Waals surface area contributed by atoms with Gasteiger partial charge in [-0.1, -0.05) is 18.2 Å². The molecule has 0 amide bonds. The maximum atomic E-state index is 14.9. The molecule has 15 heteroatoms. The van der Waals surface area contributed by atoms with Crippen LogP contribution in [0, 0.1) is 11.7 Å². The van der Waals surface area contributed by atoms with Gasteiger partial charge < -0.3 is 9.52 Å². The van der Waals surface area contributed by atoms with Crippen LogP contribution in [0.4, 0.5) is 35.1 Å². The van der Waals surface area contributed by atoms with Crippen LogP contribution < -0.4 is 5.43 Å². The lowest BCUT2D eigenvalue weighted by atomic mass is 9.75. The summed E-state index contributed by atoms with van der Waals surface area (Å²) in [6.07, 6.45) is -13.7. The van der Waals surface area contributed by atoms with Gasteiger partial charge in [-0.15, -0.1) is 0 Å². The first-order valence-corrected chi connectivity index (χ1v) is 13.9. The second-order valence-corrected chi connectivity index (χ2v) is 12.5. The molecular formula is C27H21F8NO5S. The van der Waals surface area contributed by atoms with E-state index in [1.54, 1.807) is 0 Å². The first kappa shape index (κ1) is 30.2. The molecule has 2 aliphatic rings. The zero-order valence-electron chi connectivity index (χ0n) is 21.2. The molecule has 1 saturated heterocycles. The quantitative estimate of drug-likeness (QED) is 0.307. The number of benzene rings is 2. The van der Waals surface area contributed by atoms with Crippen molar-refractivity contribution in [2.45, 2.75) is 46.7 Å². The molecule has 1 aliphatic heterocycles. The summed E-state index contributed by atoms with van der Waals surface area (Å²) in [7, 11) is -4.60. The zero-order valence-corrected chi connectivity index (χ0v) is 22.0. The van der Waals surface area contributed by atoms with Gasteiger partial charge in [0.15, 0.2) is 27.3 Å². The molecule has 1 aliphatic carbocycles. The highest BCUT2D eigenvalue weighted by Crippen LogP contribution is 2.57. The van der Waals surface area contributed by atoms with E-state index in [9.17, 15) is 53.4 Å². The van der Waals surface area contributed by atoms with Crippen molar-refractivity contribution in [2.75, 3.05) is 13.1 Å². The third-order valence-electron chi connectivity index (χ3n) is 7.98. The van der Waals surface area contributed by atoms with Crippen molar-refractivity contribution in [1.82, 2.24) is 4.90 Å². The second-order valence-electron chi connectivity index (χ2n) is 10.3. The van der Waals surface area contributed by atoms with Crippen LogP contribution >= 0.6 is 0 Å². The van der Waals surface area contributed by atoms with Crippen LogP contribution in [0.1, 0.15) is 35.1 Å². The Balaban J connectivity index is 1.70. The second kappa shape index (κ2) is 9.88. The predicted molar refractivity (Wildman–Crippen MR) is 130 cm³/mol. The maximum absolute atomic E-state index is 14.9. The van der Waals surface area contributed by atoms with Crippen LogP contribution in [0.25, 0.3) is 0 Å². The standard InChI is InChI=1S/C27H21F8NO5S/c28-18-4-6-20(7-5-18)42(39,40)24-14-36(23(38)22-12-19(37)9-10-41-22)13-17(24)2-1-15-11-16(3-8-21(15)24)25(29,26(30,31)32)27(33,34)35/h3-12,17,23,38H,1-2,13-14H2. The molecule has 1 aromatic heterocycles. The van der Waals surface area contributed by atoms with E-state index in [1.165, 1.54) is 4.90 Å². The van der Waals surface area contributed by atoms with E-state index in [4.69, 9.17) is 4.42 Å². The van der Waals surface area contributed by atoms with Crippen molar-refractivity contribution in [2.24, 2.45) is 5.92 Å². The van der Waals surface area contributed by atoms with Gasteiger partial charge in [-0.25, -0.2) is 17.2 Å². The molecule has 0 saturated carbocycles. The summed E-state index contributed by atoms with van der Waals surface area (Å²) < 4.78 is 141. The molecule has 6 nitrogen and oxygen atoms in total. The molecule has 3 unspecified atom stereocenters. The summed E-state index contributed by atoms with van der Waals surface area (Å²) in [5.41, 5.74) is -8.44. The number of alkyl halides is 7. The van der Waals surface area contributed by atoms with Gasteiger partial charge in [0, 0.05) is 30.8 Å². The van der Waals surface area contributed by atoms with Gasteiger partial charge in [0.25, 0.3) is 0 Å². The molecule has 0 bridgehead atoms. The Kier molecular flexibility index (Phi) is 7.09. The lowest BCUT2D eigenvalue weighted by Gasteiger charge is -2.41. The highest BCUT2D eigenvalue weighted by Gasteiger charge is 2.73. The van der Waals surface area contributed by atoms with Crippen LogP contribution in [0.2, 0.25) is 0 Å². The Hall–Kier alpha value is -3.30. The monoisotopic (exact) mass is 623 g/mol. The van der Waals surface area contributed by atoms with Crippen molar-refractivity contribution < 1.29 is 53.1 Å². The Morgan fingerprint density at radius 3 is 2.19 bits per heavy atom. The molecule has 3 atom stereocenters. The van der Waals surface area contributed by atoms with E-state index in [0.29, 0.717) is 6.07 Å². The number of fused-ring (bicyclic) bond motifs is 3. The largest absolute Gasteiger partial charge is 0.465 e. The van der Waals surface area contributed by atoms with Gasteiger partial charge in [-0.2, -0.15) is 26.3 Å². The molecule has 2 aromatic carbocycles. The number of sulfone groups is 1. The molecule has 0 radical (unpaired) electrons. The Bertz CT molecular complexity index is 1660. The first-order valence-electron chi connectivity index (χ1n) is 12.4. The van der Waals surface area contributed by atoms with Crippen LogP contribution in [0.15, 0.2) is 75.0 Å². The lowest BCUT2D eigenvalue weighted by molar-refractivity contribution is -0.348. The number of hydrogen-bond donors (Lipinski definition) is 1. The molecule has 3 aromatic rings. The van der Waals surface area contributed by atoms with Crippen molar-refractivity contribution in [3.63, 3.8) is 0 Å². The fraction of sp³-hybridized carbons (Fsp3) is 0.370. The Labute approximate surface area is 233 Å². The summed E-state index contributed by atoms with van der Waals surface area (Å²) in [5.74, 6) is -1.88. The number of aliphatic hydroxyl groups excluding tert-OH is 1. The predicted octanol–water partition coefficient (Wildman–Crippen LogP) is 5.31. The van der Waals surface area contributed by atoms with Gasteiger partial charge in [0.2, 0.25) is 0 Å². The molecule has 226 valence electrons. The van der Waals surface area contributed by atoms with Gasteiger partial charge in [-0.05, 0) is 54.2 Å².